The molecule has 7 nitrogen and oxygen atoms in total. The number of rotatable bonds is 1. The largest absolute Gasteiger partial charge is 0.325 e. The van der Waals surface area contributed by atoms with Crippen LogP contribution in [0.25, 0.3) is 0 Å². The van der Waals surface area contributed by atoms with Gasteiger partial charge in [0.05, 0.1) is 11.8 Å². The van der Waals surface area contributed by atoms with Crippen molar-refractivity contribution in [2.24, 2.45) is 23.7 Å². The van der Waals surface area contributed by atoms with E-state index in [9.17, 15) is 19.2 Å². The second kappa shape index (κ2) is 3.56. The van der Waals surface area contributed by atoms with Crippen molar-refractivity contribution in [3.05, 3.63) is 39.2 Å². The average Bonchev–Trinajstić information content (AvgIpc) is 3.06. The molecule has 3 aliphatic rings. The van der Waals surface area contributed by atoms with E-state index in [2.05, 4.69) is 4.98 Å². The van der Waals surface area contributed by atoms with E-state index in [0.717, 1.165) is 17.5 Å². The topological polar surface area (TPSA) is 103 Å². The minimum Gasteiger partial charge on any atom is -0.312 e. The van der Waals surface area contributed by atoms with Crippen molar-refractivity contribution in [1.82, 2.24) is 9.97 Å². The predicted molar refractivity (Wildman–Crippen MR) is 67.9 cm³/mol. The zero-order valence-electron chi connectivity index (χ0n) is 10.3. The molecule has 4 atom stereocenters. The molecule has 1 aromatic heterocycles. The van der Waals surface area contributed by atoms with Crippen molar-refractivity contribution < 1.29 is 9.59 Å². The number of fused-ring (bicyclic) bond motifs is 5. The lowest BCUT2D eigenvalue weighted by molar-refractivity contribution is -0.123. The molecule has 1 saturated heterocycles. The number of anilines is 1. The summed E-state index contributed by atoms with van der Waals surface area (Å²) in [4.78, 5) is 53.0. The normalized spacial score (nSPS) is 34.1. The smallest absolute Gasteiger partial charge is 0.312 e. The van der Waals surface area contributed by atoms with E-state index in [1.165, 1.54) is 0 Å². The van der Waals surface area contributed by atoms with E-state index in [1.54, 1.807) is 0 Å². The molecule has 2 heterocycles. The molecule has 1 aromatic rings. The summed E-state index contributed by atoms with van der Waals surface area (Å²) in [6.07, 6.45) is 5.92. The summed E-state index contributed by atoms with van der Waals surface area (Å²) in [5.74, 6) is -1.21. The number of nitrogens with zero attached hydrogens (tertiary/aromatic N) is 1. The second-order valence-electron chi connectivity index (χ2n) is 5.47. The van der Waals surface area contributed by atoms with E-state index < -0.39 is 11.2 Å². The SMILES string of the molecule is O=C1C2C3C=CC(C3)C2C(=O)N1c1c[nH]c(=O)[nH]c1=O. The van der Waals surface area contributed by atoms with Crippen LogP contribution >= 0.6 is 0 Å². The van der Waals surface area contributed by atoms with Gasteiger partial charge in [-0.05, 0) is 18.3 Å². The highest BCUT2D eigenvalue weighted by atomic mass is 16.2. The number of allylic oxidation sites excluding steroid dienone is 2. The molecule has 0 radical (unpaired) electrons. The summed E-state index contributed by atoms with van der Waals surface area (Å²) in [6.45, 7) is 0. The van der Waals surface area contributed by atoms with E-state index >= 15 is 0 Å². The standard InChI is InChI=1S/C13H11N3O4/c17-10-7(4-14-13(20)15-10)16-11(18)8-5-1-2-6(3-5)9(8)12(16)19/h1-2,4-6,8-9H,3H2,(H2,14,15,17,20). The molecule has 102 valence electrons. The van der Waals surface area contributed by atoms with Gasteiger partial charge in [0.1, 0.15) is 5.69 Å². The van der Waals surface area contributed by atoms with E-state index in [4.69, 9.17) is 0 Å². The molecule has 4 unspecified atom stereocenters. The Morgan fingerprint density at radius 3 is 2.15 bits per heavy atom. The van der Waals surface area contributed by atoms with Crippen LogP contribution in [-0.4, -0.2) is 21.8 Å². The highest BCUT2D eigenvalue weighted by Gasteiger charge is 2.59. The van der Waals surface area contributed by atoms with Crippen LogP contribution in [0.4, 0.5) is 5.69 Å². The number of aromatic nitrogens is 2. The number of H-pyrrole nitrogens is 2. The van der Waals surface area contributed by atoms with Gasteiger partial charge >= 0.3 is 5.69 Å². The molecule has 2 amide bonds. The number of hydrogen-bond acceptors (Lipinski definition) is 4. The quantitative estimate of drug-likeness (QED) is 0.525. The Balaban J connectivity index is 1.82. The van der Waals surface area contributed by atoms with Gasteiger partial charge in [0.15, 0.2) is 0 Å². The molecular weight excluding hydrogens is 262 g/mol. The van der Waals surface area contributed by atoms with Gasteiger partial charge in [-0.25, -0.2) is 9.69 Å². The summed E-state index contributed by atoms with van der Waals surface area (Å²) in [5.41, 5.74) is -1.50. The first-order chi connectivity index (χ1) is 9.58. The maximum atomic E-state index is 12.5. The molecular formula is C13H11N3O4. The van der Waals surface area contributed by atoms with Crippen molar-refractivity contribution >= 4 is 17.5 Å². The average molecular weight is 273 g/mol. The molecule has 2 N–H and O–H groups in total. The Morgan fingerprint density at radius 1 is 1.00 bits per heavy atom. The summed E-state index contributed by atoms with van der Waals surface area (Å²) >= 11 is 0. The maximum Gasteiger partial charge on any atom is 0.325 e. The van der Waals surface area contributed by atoms with Gasteiger partial charge in [-0.2, -0.15) is 0 Å². The van der Waals surface area contributed by atoms with E-state index in [0.29, 0.717) is 0 Å². The van der Waals surface area contributed by atoms with Gasteiger partial charge in [0.2, 0.25) is 11.8 Å². The van der Waals surface area contributed by atoms with Gasteiger partial charge in [-0.15, -0.1) is 0 Å². The lowest BCUT2D eigenvalue weighted by Gasteiger charge is -2.15. The maximum absolute atomic E-state index is 12.5. The molecule has 0 aromatic carbocycles. The highest BCUT2D eigenvalue weighted by Crippen LogP contribution is 2.52. The Kier molecular flexibility index (Phi) is 2.03. The van der Waals surface area contributed by atoms with E-state index in [1.807, 2.05) is 17.1 Å². The van der Waals surface area contributed by atoms with Gasteiger partial charge in [0, 0.05) is 6.20 Å². The number of nitrogens with one attached hydrogen (secondary N) is 2. The molecule has 7 heteroatoms. The number of aromatic amines is 2. The predicted octanol–water partition coefficient (Wildman–Crippen LogP) is -0.625. The van der Waals surface area contributed by atoms with Gasteiger partial charge in [-0.1, -0.05) is 12.2 Å². The lowest BCUT2D eigenvalue weighted by Crippen LogP contribution is -2.38. The van der Waals surface area contributed by atoms with Gasteiger partial charge < -0.3 is 4.98 Å². The highest BCUT2D eigenvalue weighted by molar-refractivity contribution is 6.22. The summed E-state index contributed by atoms with van der Waals surface area (Å²) in [5, 5.41) is 0. The molecule has 2 aliphatic carbocycles. The number of amides is 2. The van der Waals surface area contributed by atoms with Crippen molar-refractivity contribution in [3.8, 4) is 0 Å². The van der Waals surface area contributed by atoms with E-state index in [-0.39, 0.29) is 41.2 Å². The third-order valence-electron chi connectivity index (χ3n) is 4.51. The van der Waals surface area contributed by atoms with Crippen LogP contribution in [0.15, 0.2) is 27.9 Å². The fourth-order valence-corrected chi connectivity index (χ4v) is 3.71. The van der Waals surface area contributed by atoms with Gasteiger partial charge in [0.25, 0.3) is 5.56 Å². The third-order valence-corrected chi connectivity index (χ3v) is 4.51. The molecule has 1 saturated carbocycles. The number of imide groups is 1. The van der Waals surface area contributed by atoms with Crippen LogP contribution in [-0.2, 0) is 9.59 Å². The minimum atomic E-state index is -0.726. The van der Waals surface area contributed by atoms with Gasteiger partial charge in [-0.3, -0.25) is 19.4 Å². The molecule has 2 fully saturated rings. The van der Waals surface area contributed by atoms with Crippen LogP contribution in [0.5, 0.6) is 0 Å². The zero-order chi connectivity index (χ0) is 14.0. The first-order valence-corrected chi connectivity index (χ1v) is 6.46. The summed E-state index contributed by atoms with van der Waals surface area (Å²) in [6, 6.07) is 0. The Hall–Kier alpha value is -2.44. The summed E-state index contributed by atoms with van der Waals surface area (Å²) in [7, 11) is 0. The van der Waals surface area contributed by atoms with Crippen LogP contribution in [0.1, 0.15) is 6.42 Å². The molecule has 2 bridgehead atoms. The van der Waals surface area contributed by atoms with Crippen molar-refractivity contribution in [2.45, 2.75) is 6.42 Å². The minimum absolute atomic E-state index is 0.0910. The second-order valence-corrected chi connectivity index (χ2v) is 5.47. The van der Waals surface area contributed by atoms with Crippen LogP contribution in [0.2, 0.25) is 0 Å². The lowest BCUT2D eigenvalue weighted by atomic mass is 9.85. The van der Waals surface area contributed by atoms with Crippen LogP contribution in [0.3, 0.4) is 0 Å². The van der Waals surface area contributed by atoms with Crippen LogP contribution < -0.4 is 16.1 Å². The van der Waals surface area contributed by atoms with Crippen molar-refractivity contribution in [3.63, 3.8) is 0 Å². The molecule has 4 rings (SSSR count). The molecule has 20 heavy (non-hydrogen) atoms. The first-order valence-electron chi connectivity index (χ1n) is 6.46. The first kappa shape index (κ1) is 11.4. The monoisotopic (exact) mass is 273 g/mol. The fourth-order valence-electron chi connectivity index (χ4n) is 3.71. The number of hydrogen-bond donors (Lipinski definition) is 2. The van der Waals surface area contributed by atoms with Crippen molar-refractivity contribution in [1.29, 1.82) is 0 Å². The third kappa shape index (κ3) is 1.24. The fraction of sp³-hybridized carbons (Fsp3) is 0.385. The molecule has 0 spiro atoms. The van der Waals surface area contributed by atoms with Crippen LogP contribution in [0, 0.1) is 23.7 Å². The Morgan fingerprint density at radius 2 is 1.60 bits per heavy atom. The number of carbonyl (C=O) groups is 2. The Bertz CT molecular complexity index is 744. The summed E-state index contributed by atoms with van der Waals surface area (Å²) < 4.78 is 0. The number of carbonyl (C=O) groups excluding carboxylic acids is 2. The molecule has 1 aliphatic heterocycles. The zero-order valence-corrected chi connectivity index (χ0v) is 10.3. The van der Waals surface area contributed by atoms with Crippen molar-refractivity contribution in [2.75, 3.05) is 4.90 Å². The Labute approximate surface area is 112 Å².